The molecule has 0 aliphatic rings. The molecule has 2 aromatic heterocycles. The molecule has 0 aliphatic carbocycles. The van der Waals surface area contributed by atoms with E-state index in [1.54, 1.807) is 6.20 Å². The van der Waals surface area contributed by atoms with Crippen LogP contribution in [0.4, 0.5) is 0 Å². The van der Waals surface area contributed by atoms with Crippen LogP contribution >= 0.6 is 0 Å². The molecule has 2 heterocycles. The Bertz CT molecular complexity index is 714. The summed E-state index contributed by atoms with van der Waals surface area (Å²) in [5, 5.41) is 18.9. The highest BCUT2D eigenvalue weighted by Crippen LogP contribution is 2.27. The number of phenols is 2. The van der Waals surface area contributed by atoms with E-state index in [9.17, 15) is 10.2 Å². The number of aryl methyl sites for hydroxylation is 1. The molecule has 3 rings (SSSR count). The number of hydrogen-bond acceptors (Lipinski definition) is 4. The number of pyridine rings is 1. The fourth-order valence-electron chi connectivity index (χ4n) is 1.87. The average Bonchev–Trinajstić information content (AvgIpc) is 2.70. The first kappa shape index (κ1) is 10.6. The first-order chi connectivity index (χ1) is 8.61. The molecule has 18 heavy (non-hydrogen) atoms. The van der Waals surface area contributed by atoms with Gasteiger partial charge in [0.05, 0.1) is 5.52 Å². The molecular weight excluding hydrogens is 230 g/mol. The predicted octanol–water partition coefficient (Wildman–Crippen LogP) is 2.34. The number of hydrogen-bond donors (Lipinski definition) is 3. The predicted molar refractivity (Wildman–Crippen MR) is 67.4 cm³/mol. The van der Waals surface area contributed by atoms with E-state index < -0.39 is 0 Å². The monoisotopic (exact) mass is 241 g/mol. The third kappa shape index (κ3) is 1.75. The number of aromatic nitrogens is 3. The lowest BCUT2D eigenvalue weighted by atomic mass is 10.2. The van der Waals surface area contributed by atoms with Gasteiger partial charge in [0.2, 0.25) is 0 Å². The van der Waals surface area contributed by atoms with Crippen LogP contribution in [0.1, 0.15) is 5.56 Å². The van der Waals surface area contributed by atoms with Crippen molar-refractivity contribution in [3.05, 3.63) is 36.0 Å². The first-order valence-electron chi connectivity index (χ1n) is 5.47. The zero-order valence-electron chi connectivity index (χ0n) is 9.68. The van der Waals surface area contributed by atoms with Crippen molar-refractivity contribution >= 4 is 11.2 Å². The van der Waals surface area contributed by atoms with Crippen molar-refractivity contribution in [3.63, 3.8) is 0 Å². The molecular formula is C13H11N3O2. The summed E-state index contributed by atoms with van der Waals surface area (Å²) in [5.74, 6) is 0.554. The lowest BCUT2D eigenvalue weighted by Crippen LogP contribution is -1.80. The lowest BCUT2D eigenvalue weighted by Gasteiger charge is -1.99. The van der Waals surface area contributed by atoms with Crippen LogP contribution in [0.3, 0.4) is 0 Å². The van der Waals surface area contributed by atoms with E-state index in [1.165, 1.54) is 18.2 Å². The van der Waals surface area contributed by atoms with Crippen molar-refractivity contribution < 1.29 is 10.2 Å². The van der Waals surface area contributed by atoms with Gasteiger partial charge in [-0.15, -0.1) is 0 Å². The van der Waals surface area contributed by atoms with Gasteiger partial charge in [-0.1, -0.05) is 0 Å². The number of aromatic amines is 1. The van der Waals surface area contributed by atoms with Crippen LogP contribution in [0, 0.1) is 6.92 Å². The summed E-state index contributed by atoms with van der Waals surface area (Å²) in [6.45, 7) is 1.95. The Morgan fingerprint density at radius 2 is 1.78 bits per heavy atom. The third-order valence-corrected chi connectivity index (χ3v) is 2.65. The van der Waals surface area contributed by atoms with Gasteiger partial charge in [-0.3, -0.25) is 0 Å². The molecule has 0 bridgehead atoms. The molecule has 5 nitrogen and oxygen atoms in total. The topological polar surface area (TPSA) is 82.0 Å². The molecule has 0 saturated carbocycles. The largest absolute Gasteiger partial charge is 0.508 e. The molecule has 1 aromatic carbocycles. The summed E-state index contributed by atoms with van der Waals surface area (Å²) < 4.78 is 0. The number of benzene rings is 1. The third-order valence-electron chi connectivity index (χ3n) is 2.65. The Morgan fingerprint density at radius 1 is 1.06 bits per heavy atom. The average molecular weight is 241 g/mol. The zero-order valence-corrected chi connectivity index (χ0v) is 9.68. The number of rotatable bonds is 1. The molecule has 0 spiro atoms. The van der Waals surface area contributed by atoms with Gasteiger partial charge in [0.1, 0.15) is 17.3 Å². The number of fused-ring (bicyclic) bond motifs is 1. The smallest absolute Gasteiger partial charge is 0.178 e. The highest BCUT2D eigenvalue weighted by atomic mass is 16.3. The van der Waals surface area contributed by atoms with E-state index in [4.69, 9.17) is 0 Å². The maximum Gasteiger partial charge on any atom is 0.178 e. The van der Waals surface area contributed by atoms with E-state index >= 15 is 0 Å². The van der Waals surface area contributed by atoms with Crippen LogP contribution in [-0.4, -0.2) is 25.2 Å². The van der Waals surface area contributed by atoms with Gasteiger partial charge in [0.25, 0.3) is 0 Å². The number of phenolic OH excluding ortho intramolecular Hbond substituents is 2. The Kier molecular flexibility index (Phi) is 2.19. The van der Waals surface area contributed by atoms with Crippen LogP contribution in [0.2, 0.25) is 0 Å². The van der Waals surface area contributed by atoms with Crippen molar-refractivity contribution in [2.45, 2.75) is 6.92 Å². The zero-order chi connectivity index (χ0) is 12.7. The van der Waals surface area contributed by atoms with E-state index in [1.807, 2.05) is 13.0 Å². The molecule has 0 unspecified atom stereocenters. The van der Waals surface area contributed by atoms with Gasteiger partial charge in [-0.25, -0.2) is 9.97 Å². The molecule has 0 fully saturated rings. The fourth-order valence-corrected chi connectivity index (χ4v) is 1.87. The molecule has 90 valence electrons. The second-order valence-electron chi connectivity index (χ2n) is 4.21. The second-order valence-corrected chi connectivity index (χ2v) is 4.21. The van der Waals surface area contributed by atoms with Crippen molar-refractivity contribution in [2.75, 3.05) is 0 Å². The van der Waals surface area contributed by atoms with Crippen molar-refractivity contribution in [2.24, 2.45) is 0 Å². The molecule has 0 atom stereocenters. The van der Waals surface area contributed by atoms with Crippen LogP contribution < -0.4 is 0 Å². The molecule has 3 aromatic rings. The summed E-state index contributed by atoms with van der Waals surface area (Å²) in [7, 11) is 0. The van der Waals surface area contributed by atoms with Crippen molar-refractivity contribution in [1.29, 1.82) is 0 Å². The maximum absolute atomic E-state index is 9.46. The lowest BCUT2D eigenvalue weighted by molar-refractivity contribution is 0.451. The van der Waals surface area contributed by atoms with Gasteiger partial charge in [0, 0.05) is 17.8 Å². The Labute approximate surface area is 103 Å². The van der Waals surface area contributed by atoms with Crippen molar-refractivity contribution in [1.82, 2.24) is 15.0 Å². The quantitative estimate of drug-likeness (QED) is 0.610. The number of nitrogens with one attached hydrogen (secondary N) is 1. The standard InChI is InChI=1S/C13H11N3O2/c1-7-2-11-13(14-6-7)16-12(15-11)8-3-9(17)5-10(18)4-8/h2-6,17-18H,1H3,(H,14,15,16). The number of nitrogens with zero attached hydrogens (tertiary/aromatic N) is 2. The number of imidazole rings is 1. The minimum absolute atomic E-state index is 0.00500. The fraction of sp³-hybridized carbons (Fsp3) is 0.0769. The van der Waals surface area contributed by atoms with Crippen LogP contribution in [0.15, 0.2) is 30.5 Å². The van der Waals surface area contributed by atoms with Crippen LogP contribution in [-0.2, 0) is 0 Å². The highest BCUT2D eigenvalue weighted by molar-refractivity contribution is 5.76. The van der Waals surface area contributed by atoms with E-state index in [2.05, 4.69) is 15.0 Å². The molecule has 5 heteroatoms. The minimum Gasteiger partial charge on any atom is -0.508 e. The normalized spacial score (nSPS) is 10.9. The summed E-state index contributed by atoms with van der Waals surface area (Å²) in [5.41, 5.74) is 3.09. The van der Waals surface area contributed by atoms with Gasteiger partial charge in [-0.2, -0.15) is 0 Å². The van der Waals surface area contributed by atoms with Crippen LogP contribution in [0.25, 0.3) is 22.6 Å². The summed E-state index contributed by atoms with van der Waals surface area (Å²) in [4.78, 5) is 11.6. The maximum atomic E-state index is 9.46. The molecule has 0 aliphatic heterocycles. The number of H-pyrrole nitrogens is 1. The molecule has 0 saturated heterocycles. The molecule has 0 radical (unpaired) electrons. The SMILES string of the molecule is Cc1cnc2nc(-c3cc(O)cc(O)c3)[nH]c2c1. The van der Waals surface area contributed by atoms with E-state index in [0.29, 0.717) is 17.0 Å². The first-order valence-corrected chi connectivity index (χ1v) is 5.47. The van der Waals surface area contributed by atoms with Gasteiger partial charge >= 0.3 is 0 Å². The Hall–Kier alpha value is -2.56. The van der Waals surface area contributed by atoms with Crippen molar-refractivity contribution in [3.8, 4) is 22.9 Å². The summed E-state index contributed by atoms with van der Waals surface area (Å²) in [6, 6.07) is 6.28. The minimum atomic E-state index is -0.00500. The van der Waals surface area contributed by atoms with Gasteiger partial charge < -0.3 is 15.2 Å². The van der Waals surface area contributed by atoms with E-state index in [-0.39, 0.29) is 11.5 Å². The summed E-state index contributed by atoms with van der Waals surface area (Å²) in [6.07, 6.45) is 1.74. The van der Waals surface area contributed by atoms with Crippen LogP contribution in [0.5, 0.6) is 11.5 Å². The second kappa shape index (κ2) is 3.73. The van der Waals surface area contributed by atoms with Gasteiger partial charge in [-0.05, 0) is 30.7 Å². The molecule has 0 amide bonds. The van der Waals surface area contributed by atoms with Gasteiger partial charge in [0.15, 0.2) is 5.65 Å². The molecule has 3 N–H and O–H groups in total. The Balaban J connectivity index is 2.19. The Morgan fingerprint density at radius 3 is 2.50 bits per heavy atom. The van der Waals surface area contributed by atoms with E-state index in [0.717, 1.165) is 11.1 Å². The summed E-state index contributed by atoms with van der Waals surface area (Å²) >= 11 is 0. The number of aromatic hydroxyl groups is 2. The highest BCUT2D eigenvalue weighted by Gasteiger charge is 2.08.